The molecular weight excluding hydrogens is 530 g/mol. The number of hydrogen-bond acceptors (Lipinski definition) is 9. The van der Waals surface area contributed by atoms with Gasteiger partial charge < -0.3 is 34.3 Å². The summed E-state index contributed by atoms with van der Waals surface area (Å²) in [6.45, 7) is 3.83. The van der Waals surface area contributed by atoms with E-state index in [0.717, 1.165) is 49.2 Å². The zero-order chi connectivity index (χ0) is 28.7. The van der Waals surface area contributed by atoms with E-state index in [1.807, 2.05) is 36.4 Å². The van der Waals surface area contributed by atoms with Gasteiger partial charge in [-0.2, -0.15) is 0 Å². The molecule has 5 rings (SSSR count). The summed E-state index contributed by atoms with van der Waals surface area (Å²) in [5, 5.41) is 20.9. The second-order valence-corrected chi connectivity index (χ2v) is 10.8. The van der Waals surface area contributed by atoms with E-state index in [1.165, 1.54) is 0 Å². The molecule has 2 amide bonds. The van der Waals surface area contributed by atoms with E-state index in [1.54, 1.807) is 17.6 Å². The Kier molecular flexibility index (Phi) is 9.99. The van der Waals surface area contributed by atoms with E-state index >= 15 is 0 Å². The molecule has 1 spiro atoms. The van der Waals surface area contributed by atoms with Crippen molar-refractivity contribution >= 4 is 17.5 Å². The van der Waals surface area contributed by atoms with Gasteiger partial charge in [0.15, 0.2) is 12.1 Å². The normalized spacial score (nSPS) is 24.3. The molecule has 0 radical (unpaired) electrons. The molecule has 2 aromatic rings. The fourth-order valence-electron chi connectivity index (χ4n) is 5.60. The molecular formula is C30H39N3O8. The van der Waals surface area contributed by atoms with Crippen LogP contribution in [0.1, 0.15) is 67.6 Å². The van der Waals surface area contributed by atoms with Gasteiger partial charge in [-0.1, -0.05) is 36.4 Å². The van der Waals surface area contributed by atoms with Gasteiger partial charge in [0.1, 0.15) is 0 Å². The fraction of sp³-hybridized carbons (Fsp3) is 0.533. The van der Waals surface area contributed by atoms with Crippen LogP contribution in [0.25, 0.3) is 0 Å². The summed E-state index contributed by atoms with van der Waals surface area (Å²) in [6.07, 6.45) is 2.12. The molecule has 3 fully saturated rings. The van der Waals surface area contributed by atoms with Crippen LogP contribution in [-0.2, 0) is 35.1 Å². The van der Waals surface area contributed by atoms with Crippen LogP contribution in [0.2, 0.25) is 0 Å². The number of amides is 2. The number of hydroxylamine groups is 1. The number of carbonyl (C=O) groups excluding carboxylic acids is 2. The van der Waals surface area contributed by atoms with Crippen molar-refractivity contribution in [1.82, 2.24) is 10.4 Å². The molecule has 3 atom stereocenters. The zero-order valence-electron chi connectivity index (χ0n) is 23.1. The Balaban J connectivity index is 1.22. The summed E-state index contributed by atoms with van der Waals surface area (Å²) in [6, 6.07) is 15.2. The molecule has 3 heterocycles. The molecule has 0 bridgehead atoms. The molecule has 11 nitrogen and oxygen atoms in total. The molecule has 4 N–H and O–H groups in total. The number of aliphatic hydroxyl groups excluding tert-OH is 1. The summed E-state index contributed by atoms with van der Waals surface area (Å²) in [5.41, 5.74) is 4.92. The van der Waals surface area contributed by atoms with Gasteiger partial charge in [-0.05, 0) is 29.7 Å². The highest BCUT2D eigenvalue weighted by molar-refractivity contribution is 5.91. The quantitative estimate of drug-likeness (QED) is 0.251. The number of carbonyl (C=O) groups is 2. The number of piperidine rings is 1. The number of aliphatic hydroxyl groups is 1. The van der Waals surface area contributed by atoms with Gasteiger partial charge in [-0.3, -0.25) is 14.8 Å². The van der Waals surface area contributed by atoms with E-state index < -0.39 is 18.0 Å². The minimum atomic E-state index is -0.587. The SMILES string of the molecule is O=C(CCCC(=O)Nc1ccc(C2OC(CN3CCC4(CC3)OCCO4)CC(c3ccc(CO)cc3)O2)cc1)NO. The second-order valence-electron chi connectivity index (χ2n) is 10.8. The average molecular weight is 570 g/mol. The number of nitrogens with zero attached hydrogens (tertiary/aromatic N) is 1. The maximum Gasteiger partial charge on any atom is 0.243 e. The maximum atomic E-state index is 12.2. The molecule has 11 heteroatoms. The maximum absolute atomic E-state index is 12.2. The molecule has 3 saturated heterocycles. The topological polar surface area (TPSA) is 139 Å². The molecule has 0 aromatic heterocycles. The number of anilines is 1. The van der Waals surface area contributed by atoms with Crippen molar-refractivity contribution < 1.29 is 38.9 Å². The van der Waals surface area contributed by atoms with Gasteiger partial charge in [0.25, 0.3) is 0 Å². The van der Waals surface area contributed by atoms with E-state index in [2.05, 4.69) is 10.2 Å². The van der Waals surface area contributed by atoms with E-state index in [9.17, 15) is 14.7 Å². The van der Waals surface area contributed by atoms with Crippen molar-refractivity contribution in [3.05, 3.63) is 65.2 Å². The van der Waals surface area contributed by atoms with E-state index in [-0.39, 0.29) is 37.6 Å². The van der Waals surface area contributed by atoms with Crippen molar-refractivity contribution in [3.63, 3.8) is 0 Å². The third-order valence-electron chi connectivity index (χ3n) is 7.91. The van der Waals surface area contributed by atoms with Crippen LogP contribution < -0.4 is 10.8 Å². The first-order valence-corrected chi connectivity index (χ1v) is 14.3. The van der Waals surface area contributed by atoms with Crippen LogP contribution >= 0.6 is 0 Å². The lowest BCUT2D eigenvalue weighted by atomic mass is 9.98. The Morgan fingerprint density at radius 2 is 1.56 bits per heavy atom. The summed E-state index contributed by atoms with van der Waals surface area (Å²) >= 11 is 0. The molecule has 41 heavy (non-hydrogen) atoms. The number of rotatable bonds is 10. The minimum absolute atomic E-state index is 0.00900. The predicted octanol–water partition coefficient (Wildman–Crippen LogP) is 3.18. The van der Waals surface area contributed by atoms with Crippen LogP contribution in [0, 0.1) is 0 Å². The van der Waals surface area contributed by atoms with Crippen molar-refractivity contribution in [1.29, 1.82) is 0 Å². The largest absolute Gasteiger partial charge is 0.392 e. The third-order valence-corrected chi connectivity index (χ3v) is 7.91. The molecule has 3 unspecified atom stereocenters. The first-order valence-electron chi connectivity index (χ1n) is 14.3. The lowest BCUT2D eigenvalue weighted by Crippen LogP contribution is -2.48. The first kappa shape index (κ1) is 29.6. The lowest BCUT2D eigenvalue weighted by molar-refractivity contribution is -0.255. The summed E-state index contributed by atoms with van der Waals surface area (Å²) in [5.74, 6) is -1.15. The standard InChI is InChI=1S/C30H39N3O8/c34-20-21-4-6-22(7-5-21)26-18-25(19-33-14-12-30(13-15-33)38-16-17-39-30)40-29(41-26)23-8-10-24(11-9-23)31-27(35)2-1-3-28(36)32-37/h4-11,25-26,29,34,37H,1-3,12-20H2,(H,31,35)(H,32,36). The zero-order valence-corrected chi connectivity index (χ0v) is 23.1. The van der Waals surface area contributed by atoms with Crippen LogP contribution in [-0.4, -0.2) is 71.8 Å². The second kappa shape index (κ2) is 13.8. The molecule has 3 aliphatic rings. The van der Waals surface area contributed by atoms with Gasteiger partial charge in [-0.25, -0.2) is 5.48 Å². The van der Waals surface area contributed by atoms with Crippen LogP contribution in [0.5, 0.6) is 0 Å². The van der Waals surface area contributed by atoms with Crippen molar-refractivity contribution in [2.75, 3.05) is 38.2 Å². The van der Waals surface area contributed by atoms with Crippen LogP contribution in [0.3, 0.4) is 0 Å². The Labute approximate surface area is 239 Å². The Bertz CT molecular complexity index is 1140. The molecule has 2 aromatic carbocycles. The molecule has 3 aliphatic heterocycles. The van der Waals surface area contributed by atoms with Gasteiger partial charge in [0, 0.05) is 63.0 Å². The number of hydrogen-bond donors (Lipinski definition) is 4. The first-order chi connectivity index (χ1) is 19.9. The minimum Gasteiger partial charge on any atom is -0.392 e. The number of likely N-dealkylation sites (tertiary alicyclic amines) is 1. The van der Waals surface area contributed by atoms with Gasteiger partial charge >= 0.3 is 0 Å². The number of ether oxygens (including phenoxy) is 4. The van der Waals surface area contributed by atoms with Gasteiger partial charge in [-0.15, -0.1) is 0 Å². The summed E-state index contributed by atoms with van der Waals surface area (Å²) in [4.78, 5) is 25.8. The predicted molar refractivity (Wildman–Crippen MR) is 148 cm³/mol. The highest BCUT2D eigenvalue weighted by Gasteiger charge is 2.41. The Hall–Kier alpha value is -2.90. The van der Waals surface area contributed by atoms with Crippen molar-refractivity contribution in [2.45, 2.75) is 69.4 Å². The molecule has 222 valence electrons. The third kappa shape index (κ3) is 7.89. The smallest absolute Gasteiger partial charge is 0.243 e. The average Bonchev–Trinajstić information content (AvgIpc) is 3.46. The summed E-state index contributed by atoms with van der Waals surface area (Å²) < 4.78 is 24.7. The van der Waals surface area contributed by atoms with Gasteiger partial charge in [0.2, 0.25) is 11.8 Å². The molecule has 0 saturated carbocycles. The monoisotopic (exact) mass is 569 g/mol. The van der Waals surface area contributed by atoms with E-state index in [4.69, 9.17) is 24.2 Å². The number of benzene rings is 2. The van der Waals surface area contributed by atoms with Crippen LogP contribution in [0.15, 0.2) is 48.5 Å². The van der Waals surface area contributed by atoms with Crippen molar-refractivity contribution in [2.24, 2.45) is 0 Å². The Morgan fingerprint density at radius 3 is 2.22 bits per heavy atom. The van der Waals surface area contributed by atoms with Crippen molar-refractivity contribution in [3.8, 4) is 0 Å². The lowest BCUT2D eigenvalue weighted by Gasteiger charge is -2.41. The number of nitrogens with one attached hydrogen (secondary N) is 2. The Morgan fingerprint density at radius 1 is 0.902 bits per heavy atom. The highest BCUT2D eigenvalue weighted by atomic mass is 16.7. The molecule has 0 aliphatic carbocycles. The fourth-order valence-corrected chi connectivity index (χ4v) is 5.60. The van der Waals surface area contributed by atoms with E-state index in [0.29, 0.717) is 31.7 Å². The highest BCUT2D eigenvalue weighted by Crippen LogP contribution is 2.39. The van der Waals surface area contributed by atoms with Gasteiger partial charge in [0.05, 0.1) is 32.0 Å². The summed E-state index contributed by atoms with van der Waals surface area (Å²) in [7, 11) is 0. The van der Waals surface area contributed by atoms with Crippen LogP contribution in [0.4, 0.5) is 5.69 Å².